The number of nitrogens with two attached hydrogens (primary N) is 1. The van der Waals surface area contributed by atoms with Crippen LogP contribution in [0.3, 0.4) is 0 Å². The van der Waals surface area contributed by atoms with Gasteiger partial charge < -0.3 is 15.9 Å². The number of rotatable bonds is 8. The second-order valence-electron chi connectivity index (χ2n) is 5.95. The highest BCUT2D eigenvalue weighted by molar-refractivity contribution is 7.99. The molecule has 29 heavy (non-hydrogen) atoms. The van der Waals surface area contributed by atoms with Crippen molar-refractivity contribution >= 4 is 40.1 Å². The van der Waals surface area contributed by atoms with Crippen molar-refractivity contribution in [2.75, 3.05) is 23.5 Å². The maximum atomic E-state index is 12.2. The molecule has 0 aromatic carbocycles. The van der Waals surface area contributed by atoms with Crippen LogP contribution in [0.25, 0.3) is 5.95 Å². The number of nitrogens with one attached hydrogen (secondary N) is 1. The van der Waals surface area contributed by atoms with Gasteiger partial charge in [0.25, 0.3) is 5.95 Å². The van der Waals surface area contributed by atoms with Gasteiger partial charge in [-0.1, -0.05) is 11.8 Å². The summed E-state index contributed by atoms with van der Waals surface area (Å²) in [5.74, 6) is 5.85. The third-order valence-corrected chi connectivity index (χ3v) is 5.36. The summed E-state index contributed by atoms with van der Waals surface area (Å²) >= 11 is 2.38. The summed E-state index contributed by atoms with van der Waals surface area (Å²) in [6.07, 6.45) is 0.0698. The number of nitrogens with zero attached hydrogens (tertiary/aromatic N) is 6. The zero-order valence-corrected chi connectivity index (χ0v) is 17.7. The Morgan fingerprint density at radius 1 is 1.34 bits per heavy atom. The Labute approximate surface area is 174 Å². The van der Waals surface area contributed by atoms with Gasteiger partial charge in [-0.05, 0) is 26.8 Å². The number of carbonyl (C=O) groups excluding carboxylic acids is 2. The van der Waals surface area contributed by atoms with E-state index in [0.29, 0.717) is 28.5 Å². The second-order valence-corrected chi connectivity index (χ2v) is 7.75. The maximum Gasteiger partial charge on any atom is 0.311 e. The number of hydrogen-bond donors (Lipinski definition) is 2. The summed E-state index contributed by atoms with van der Waals surface area (Å²) in [5.41, 5.74) is 2.26. The highest BCUT2D eigenvalue weighted by Crippen LogP contribution is 2.20. The Morgan fingerprint density at radius 3 is 2.83 bits per heavy atom. The molecule has 0 bridgehead atoms. The third-order valence-electron chi connectivity index (χ3n) is 3.61. The van der Waals surface area contributed by atoms with Gasteiger partial charge in [0.05, 0.1) is 30.2 Å². The first kappa shape index (κ1) is 20.8. The Bertz CT molecular complexity index is 1030. The van der Waals surface area contributed by atoms with E-state index < -0.39 is 0 Å². The van der Waals surface area contributed by atoms with Crippen molar-refractivity contribution in [2.45, 2.75) is 32.3 Å². The van der Waals surface area contributed by atoms with Crippen LogP contribution in [0, 0.1) is 13.8 Å². The van der Waals surface area contributed by atoms with E-state index in [1.807, 2.05) is 19.9 Å². The molecule has 0 spiro atoms. The SMILES string of the molecule is CCOC(=O)Cc1csc(NC(=O)CSc2nnc(-n3nc(C)cc3C)n2N)n1. The number of esters is 1. The lowest BCUT2D eigenvalue weighted by atomic mass is 10.3. The topological polar surface area (TPSA) is 143 Å². The molecule has 11 nitrogen and oxygen atoms in total. The predicted octanol–water partition coefficient (Wildman–Crippen LogP) is 1.09. The van der Waals surface area contributed by atoms with Gasteiger partial charge in [-0.15, -0.1) is 21.5 Å². The molecule has 1 amide bonds. The Kier molecular flexibility index (Phi) is 6.49. The van der Waals surface area contributed by atoms with Gasteiger partial charge >= 0.3 is 5.97 Å². The minimum Gasteiger partial charge on any atom is -0.466 e. The molecule has 3 heterocycles. The summed E-state index contributed by atoms with van der Waals surface area (Å²) in [4.78, 5) is 27.9. The number of anilines is 1. The van der Waals surface area contributed by atoms with Crippen molar-refractivity contribution in [1.29, 1.82) is 0 Å². The molecule has 3 rings (SSSR count). The molecule has 0 aliphatic rings. The van der Waals surface area contributed by atoms with Gasteiger partial charge in [0.15, 0.2) is 5.13 Å². The molecule has 13 heteroatoms. The molecule has 3 N–H and O–H groups in total. The van der Waals surface area contributed by atoms with Gasteiger partial charge in [-0.25, -0.2) is 14.3 Å². The van der Waals surface area contributed by atoms with E-state index in [2.05, 4.69) is 25.6 Å². The normalized spacial score (nSPS) is 10.9. The summed E-state index contributed by atoms with van der Waals surface area (Å²) in [6, 6.07) is 1.90. The minimum atomic E-state index is -0.355. The van der Waals surface area contributed by atoms with Crippen LogP contribution < -0.4 is 11.2 Å². The van der Waals surface area contributed by atoms with Crippen LogP contribution in [-0.2, 0) is 20.7 Å². The number of nitrogen functional groups attached to an aromatic ring is 1. The average Bonchev–Trinajstić information content (AvgIpc) is 3.33. The van der Waals surface area contributed by atoms with Gasteiger partial charge in [-0.3, -0.25) is 9.59 Å². The zero-order chi connectivity index (χ0) is 21.0. The van der Waals surface area contributed by atoms with Gasteiger partial charge in [-0.2, -0.15) is 5.10 Å². The highest BCUT2D eigenvalue weighted by Gasteiger charge is 2.17. The molecular formula is C16H20N8O3S2. The summed E-state index contributed by atoms with van der Waals surface area (Å²) in [5, 5.41) is 17.6. The molecule has 0 aliphatic carbocycles. The lowest BCUT2D eigenvalue weighted by Crippen LogP contribution is -2.18. The first-order valence-corrected chi connectivity index (χ1v) is 10.5. The maximum absolute atomic E-state index is 12.2. The van der Waals surface area contributed by atoms with Crippen LogP contribution in [0.1, 0.15) is 24.0 Å². The lowest BCUT2D eigenvalue weighted by molar-refractivity contribution is -0.142. The summed E-state index contributed by atoms with van der Waals surface area (Å²) < 4.78 is 7.76. The molecular weight excluding hydrogens is 416 g/mol. The Balaban J connectivity index is 1.56. The van der Waals surface area contributed by atoms with Crippen LogP contribution in [-0.4, -0.2) is 53.9 Å². The standard InChI is InChI=1S/C16H20N8O3S2/c1-4-27-13(26)6-11-7-28-14(18-11)19-12(25)8-29-16-21-20-15(23(16)17)24-10(3)5-9(2)22-24/h5,7H,4,6,8,17H2,1-3H3,(H,18,19,25). The van der Waals surface area contributed by atoms with E-state index in [-0.39, 0.29) is 24.1 Å². The molecule has 0 unspecified atom stereocenters. The van der Waals surface area contributed by atoms with Crippen molar-refractivity contribution in [3.05, 3.63) is 28.5 Å². The zero-order valence-electron chi connectivity index (χ0n) is 16.1. The number of thiazole rings is 1. The number of ether oxygens (including phenoxy) is 1. The quantitative estimate of drug-likeness (QED) is 0.301. The van der Waals surface area contributed by atoms with Gasteiger partial charge in [0.1, 0.15) is 0 Å². The van der Waals surface area contributed by atoms with Crippen molar-refractivity contribution in [2.24, 2.45) is 0 Å². The van der Waals surface area contributed by atoms with E-state index >= 15 is 0 Å². The molecule has 0 saturated carbocycles. The van der Waals surface area contributed by atoms with Crippen LogP contribution in [0.15, 0.2) is 16.6 Å². The number of aryl methyl sites for hydroxylation is 2. The smallest absolute Gasteiger partial charge is 0.311 e. The highest BCUT2D eigenvalue weighted by atomic mass is 32.2. The average molecular weight is 437 g/mol. The van der Waals surface area contributed by atoms with Crippen molar-refractivity contribution < 1.29 is 14.3 Å². The van der Waals surface area contributed by atoms with E-state index in [9.17, 15) is 9.59 Å². The van der Waals surface area contributed by atoms with Crippen LogP contribution in [0.5, 0.6) is 0 Å². The molecule has 0 fully saturated rings. The molecule has 154 valence electrons. The van der Waals surface area contributed by atoms with Crippen LogP contribution in [0.2, 0.25) is 0 Å². The third kappa shape index (κ3) is 5.12. The number of thioether (sulfide) groups is 1. The second kappa shape index (κ2) is 9.05. The molecule has 0 atom stereocenters. The molecule has 3 aromatic heterocycles. The van der Waals surface area contributed by atoms with Crippen LogP contribution >= 0.6 is 23.1 Å². The van der Waals surface area contributed by atoms with E-state index in [0.717, 1.165) is 23.1 Å². The number of hydrogen-bond acceptors (Lipinski definition) is 10. The van der Waals surface area contributed by atoms with Crippen molar-refractivity contribution in [3.8, 4) is 5.95 Å². The van der Waals surface area contributed by atoms with Crippen LogP contribution in [0.4, 0.5) is 5.13 Å². The summed E-state index contributed by atoms with van der Waals surface area (Å²) in [7, 11) is 0. The molecule has 0 radical (unpaired) electrons. The number of aromatic nitrogens is 6. The number of amides is 1. The first-order chi connectivity index (χ1) is 13.9. The fourth-order valence-corrected chi connectivity index (χ4v) is 3.81. The largest absolute Gasteiger partial charge is 0.466 e. The Hall–Kier alpha value is -2.93. The molecule has 0 saturated heterocycles. The summed E-state index contributed by atoms with van der Waals surface area (Å²) in [6.45, 7) is 5.82. The van der Waals surface area contributed by atoms with Crippen molar-refractivity contribution in [1.82, 2.24) is 29.6 Å². The minimum absolute atomic E-state index is 0.0687. The fourth-order valence-electron chi connectivity index (χ4n) is 2.43. The van der Waals surface area contributed by atoms with Crippen molar-refractivity contribution in [3.63, 3.8) is 0 Å². The molecule has 0 aliphatic heterocycles. The molecule has 3 aromatic rings. The van der Waals surface area contributed by atoms with Gasteiger partial charge in [0.2, 0.25) is 11.1 Å². The Morgan fingerprint density at radius 2 is 2.14 bits per heavy atom. The fraction of sp³-hybridized carbons (Fsp3) is 0.375. The first-order valence-electron chi connectivity index (χ1n) is 8.64. The van der Waals surface area contributed by atoms with E-state index in [4.69, 9.17) is 10.6 Å². The monoisotopic (exact) mass is 436 g/mol. The lowest BCUT2D eigenvalue weighted by Gasteiger charge is -2.05. The van der Waals surface area contributed by atoms with E-state index in [1.165, 1.54) is 16.0 Å². The van der Waals surface area contributed by atoms with Gasteiger partial charge in [0, 0.05) is 11.1 Å². The number of carbonyl (C=O) groups is 2. The predicted molar refractivity (Wildman–Crippen MR) is 109 cm³/mol. The van der Waals surface area contributed by atoms with E-state index in [1.54, 1.807) is 17.0 Å².